The highest BCUT2D eigenvalue weighted by Crippen LogP contribution is 2.13. The van der Waals surface area contributed by atoms with Crippen LogP contribution < -0.4 is 0 Å². The van der Waals surface area contributed by atoms with Crippen LogP contribution in [0.15, 0.2) is 24.3 Å². The lowest BCUT2D eigenvalue weighted by atomic mass is 10.1. The van der Waals surface area contributed by atoms with Crippen molar-refractivity contribution in [3.05, 3.63) is 29.8 Å². The van der Waals surface area contributed by atoms with Gasteiger partial charge in [-0.2, -0.15) is 0 Å². The van der Waals surface area contributed by atoms with Crippen molar-refractivity contribution in [1.82, 2.24) is 0 Å². The number of carbonyl (C=O) groups is 1. The van der Waals surface area contributed by atoms with E-state index in [1.165, 1.54) is 24.3 Å². The molecule has 1 rings (SSSR count). The smallest absolute Gasteiger partial charge is 0.338 e. The normalized spacial score (nSPS) is 15.6. The zero-order valence-electron chi connectivity index (χ0n) is 10.0. The van der Waals surface area contributed by atoms with Gasteiger partial charge >= 0.3 is 5.97 Å². The van der Waals surface area contributed by atoms with E-state index in [0.717, 1.165) is 0 Å². The minimum Gasteiger partial charge on any atom is -0.508 e. The van der Waals surface area contributed by atoms with E-state index in [9.17, 15) is 15.0 Å². The predicted octanol–water partition coefficient (Wildman–Crippen LogP) is -1.38. The van der Waals surface area contributed by atoms with E-state index in [1.807, 2.05) is 0 Å². The Kier molecular flexibility index (Phi) is 5.71. The molecule has 0 aliphatic heterocycles. The van der Waals surface area contributed by atoms with Gasteiger partial charge in [0.05, 0.1) is 18.8 Å². The van der Waals surface area contributed by atoms with Gasteiger partial charge in [-0.05, 0) is 24.3 Å². The van der Waals surface area contributed by atoms with E-state index in [4.69, 9.17) is 20.1 Å². The summed E-state index contributed by atoms with van der Waals surface area (Å²) in [6, 6.07) is 5.14. The van der Waals surface area contributed by atoms with E-state index in [2.05, 4.69) is 0 Å². The molecule has 0 radical (unpaired) electrons. The molecular formula is C12H16O7. The monoisotopic (exact) mass is 272 g/mol. The molecule has 0 aromatic heterocycles. The SMILES string of the molecule is O=C(OC(C(O)CO)C(O)CO)c1ccc(O)cc1. The molecule has 2 atom stereocenters. The third kappa shape index (κ3) is 4.18. The van der Waals surface area contributed by atoms with Crippen molar-refractivity contribution >= 4 is 5.97 Å². The van der Waals surface area contributed by atoms with Crippen molar-refractivity contribution in [3.63, 3.8) is 0 Å². The van der Waals surface area contributed by atoms with Crippen molar-refractivity contribution in [1.29, 1.82) is 0 Å². The Morgan fingerprint density at radius 2 is 1.53 bits per heavy atom. The number of esters is 1. The summed E-state index contributed by atoms with van der Waals surface area (Å²) in [6.45, 7) is -1.46. The molecule has 1 aromatic carbocycles. The van der Waals surface area contributed by atoms with E-state index >= 15 is 0 Å². The number of ether oxygens (including phenoxy) is 1. The van der Waals surface area contributed by atoms with Gasteiger partial charge in [-0.15, -0.1) is 0 Å². The van der Waals surface area contributed by atoms with E-state index < -0.39 is 37.5 Å². The molecule has 0 heterocycles. The van der Waals surface area contributed by atoms with Crippen LogP contribution in [-0.2, 0) is 4.74 Å². The summed E-state index contributed by atoms with van der Waals surface area (Å²) in [5.74, 6) is -0.885. The predicted molar refractivity (Wildman–Crippen MR) is 63.5 cm³/mol. The van der Waals surface area contributed by atoms with Gasteiger partial charge in [-0.1, -0.05) is 0 Å². The second kappa shape index (κ2) is 7.05. The minimum atomic E-state index is -1.51. The number of benzene rings is 1. The molecule has 0 saturated carbocycles. The van der Waals surface area contributed by atoms with Crippen LogP contribution in [0.2, 0.25) is 0 Å². The molecule has 0 bridgehead atoms. The van der Waals surface area contributed by atoms with Gasteiger partial charge in [0.15, 0.2) is 6.10 Å². The molecule has 7 nitrogen and oxygen atoms in total. The zero-order valence-corrected chi connectivity index (χ0v) is 10.0. The van der Waals surface area contributed by atoms with Gasteiger partial charge < -0.3 is 30.3 Å². The molecule has 0 spiro atoms. The summed E-state index contributed by atoms with van der Waals surface area (Å²) in [6.07, 6.45) is -4.47. The Hall–Kier alpha value is -1.67. The first-order valence-electron chi connectivity index (χ1n) is 5.57. The third-order valence-electron chi connectivity index (χ3n) is 2.48. The molecule has 0 amide bonds. The maximum atomic E-state index is 11.7. The van der Waals surface area contributed by atoms with Crippen LogP contribution in [0.1, 0.15) is 10.4 Å². The van der Waals surface area contributed by atoms with Crippen molar-refractivity contribution in [2.45, 2.75) is 18.3 Å². The molecule has 7 heteroatoms. The average molecular weight is 272 g/mol. The minimum absolute atomic E-state index is 0.0288. The second-order valence-electron chi connectivity index (χ2n) is 3.92. The number of aromatic hydroxyl groups is 1. The first kappa shape index (κ1) is 15.4. The number of phenolic OH excluding ortho intramolecular Hbond substituents is 1. The molecule has 106 valence electrons. The van der Waals surface area contributed by atoms with Crippen molar-refractivity contribution in [2.75, 3.05) is 13.2 Å². The summed E-state index contributed by atoms with van der Waals surface area (Å²) < 4.78 is 4.84. The van der Waals surface area contributed by atoms with Crippen LogP contribution in [-0.4, -0.2) is 63.0 Å². The van der Waals surface area contributed by atoms with E-state index in [0.29, 0.717) is 0 Å². The molecule has 0 fully saturated rings. The molecule has 1 aromatic rings. The number of hydrogen-bond acceptors (Lipinski definition) is 7. The highest BCUT2D eigenvalue weighted by atomic mass is 16.6. The van der Waals surface area contributed by atoms with Crippen molar-refractivity contribution < 1.29 is 35.1 Å². The maximum Gasteiger partial charge on any atom is 0.338 e. The highest BCUT2D eigenvalue weighted by molar-refractivity contribution is 5.89. The van der Waals surface area contributed by atoms with Crippen LogP contribution in [0.3, 0.4) is 0 Å². The van der Waals surface area contributed by atoms with Crippen LogP contribution in [0.25, 0.3) is 0 Å². The third-order valence-corrected chi connectivity index (χ3v) is 2.48. The Bertz CT molecular complexity index is 393. The second-order valence-corrected chi connectivity index (χ2v) is 3.92. The molecule has 5 N–H and O–H groups in total. The lowest BCUT2D eigenvalue weighted by molar-refractivity contribution is -0.0991. The standard InChI is InChI=1S/C12H16O7/c13-5-9(16)11(10(17)6-14)19-12(18)7-1-3-8(15)4-2-7/h1-4,9-11,13-17H,5-6H2. The van der Waals surface area contributed by atoms with Gasteiger partial charge in [-0.3, -0.25) is 0 Å². The molecule has 0 aliphatic rings. The van der Waals surface area contributed by atoms with Crippen LogP contribution in [0.4, 0.5) is 0 Å². The number of phenols is 1. The van der Waals surface area contributed by atoms with Gasteiger partial charge in [0, 0.05) is 0 Å². The van der Waals surface area contributed by atoms with E-state index in [-0.39, 0.29) is 11.3 Å². The number of aliphatic hydroxyl groups excluding tert-OH is 4. The first-order valence-corrected chi connectivity index (χ1v) is 5.57. The average Bonchev–Trinajstić information content (AvgIpc) is 2.43. The van der Waals surface area contributed by atoms with Crippen molar-refractivity contribution in [2.24, 2.45) is 0 Å². The lowest BCUT2D eigenvalue weighted by Gasteiger charge is -2.25. The molecular weight excluding hydrogens is 256 g/mol. The Morgan fingerprint density at radius 3 is 1.95 bits per heavy atom. The lowest BCUT2D eigenvalue weighted by Crippen LogP contribution is -2.44. The number of hydrogen-bond donors (Lipinski definition) is 5. The summed E-state index contributed by atoms with van der Waals surface area (Å²) in [7, 11) is 0. The largest absolute Gasteiger partial charge is 0.508 e. The van der Waals surface area contributed by atoms with Gasteiger partial charge in [-0.25, -0.2) is 4.79 Å². The quantitative estimate of drug-likeness (QED) is 0.404. The molecule has 0 saturated heterocycles. The molecule has 19 heavy (non-hydrogen) atoms. The van der Waals surface area contributed by atoms with Gasteiger partial charge in [0.1, 0.15) is 18.0 Å². The molecule has 2 unspecified atom stereocenters. The van der Waals surface area contributed by atoms with E-state index in [1.54, 1.807) is 0 Å². The Morgan fingerprint density at radius 1 is 1.05 bits per heavy atom. The number of carbonyl (C=O) groups excluding carboxylic acids is 1. The summed E-state index contributed by atoms with van der Waals surface area (Å²) in [5.41, 5.74) is 0.0954. The van der Waals surface area contributed by atoms with Gasteiger partial charge in [0.2, 0.25) is 0 Å². The Balaban J connectivity index is 2.78. The Labute approximate surface area is 109 Å². The zero-order chi connectivity index (χ0) is 14.4. The fraction of sp³-hybridized carbons (Fsp3) is 0.417. The van der Waals surface area contributed by atoms with Crippen LogP contribution in [0, 0.1) is 0 Å². The van der Waals surface area contributed by atoms with Crippen LogP contribution >= 0.6 is 0 Å². The summed E-state index contributed by atoms with van der Waals surface area (Å²) in [4.78, 5) is 11.7. The summed E-state index contributed by atoms with van der Waals surface area (Å²) >= 11 is 0. The highest BCUT2D eigenvalue weighted by Gasteiger charge is 2.30. The summed E-state index contributed by atoms with van der Waals surface area (Å²) in [5, 5.41) is 45.5. The fourth-order valence-electron chi connectivity index (χ4n) is 1.41. The van der Waals surface area contributed by atoms with Crippen LogP contribution in [0.5, 0.6) is 5.75 Å². The number of aliphatic hydroxyl groups is 4. The fourth-order valence-corrected chi connectivity index (χ4v) is 1.41. The molecule has 0 aliphatic carbocycles. The topological polar surface area (TPSA) is 127 Å². The van der Waals surface area contributed by atoms with Crippen molar-refractivity contribution in [3.8, 4) is 5.75 Å². The first-order chi connectivity index (χ1) is 8.99. The maximum absolute atomic E-state index is 11.7. The van der Waals surface area contributed by atoms with Gasteiger partial charge in [0.25, 0.3) is 0 Å². The number of rotatable bonds is 6.